The Labute approximate surface area is 118 Å². The molecule has 0 unspecified atom stereocenters. The summed E-state index contributed by atoms with van der Waals surface area (Å²) in [5.41, 5.74) is 0. The molecule has 108 valence electrons. The molecule has 0 bridgehead atoms. The van der Waals surface area contributed by atoms with Crippen molar-refractivity contribution in [1.82, 2.24) is 0 Å². The fourth-order valence-corrected chi connectivity index (χ4v) is 2.26. The molecule has 0 N–H and O–H groups in total. The Morgan fingerprint density at radius 2 is 1.42 bits per heavy atom. The van der Waals surface area contributed by atoms with Gasteiger partial charge < -0.3 is 18.9 Å². The van der Waals surface area contributed by atoms with E-state index in [0.29, 0.717) is 0 Å². The summed E-state index contributed by atoms with van der Waals surface area (Å²) >= 11 is 3.18. The van der Waals surface area contributed by atoms with Crippen LogP contribution < -0.4 is 0 Å². The van der Waals surface area contributed by atoms with Crippen LogP contribution in [0.25, 0.3) is 0 Å². The summed E-state index contributed by atoms with van der Waals surface area (Å²) < 4.78 is 20.4. The van der Waals surface area contributed by atoms with Gasteiger partial charge in [-0.25, -0.2) is 0 Å². The van der Waals surface area contributed by atoms with Crippen molar-refractivity contribution in [3.63, 3.8) is 0 Å². The lowest BCUT2D eigenvalue weighted by atomic mass is 10.1. The van der Waals surface area contributed by atoms with Crippen molar-refractivity contribution in [1.29, 1.82) is 0 Å². The van der Waals surface area contributed by atoms with Gasteiger partial charge >= 0.3 is 17.9 Å². The fourth-order valence-electron chi connectivity index (χ4n) is 1.70. The predicted octanol–water partition coefficient (Wildman–Crippen LogP) is 0.533. The molecule has 0 aromatic carbocycles. The van der Waals surface area contributed by atoms with Crippen molar-refractivity contribution in [2.24, 2.45) is 0 Å². The van der Waals surface area contributed by atoms with Gasteiger partial charge in [0.05, 0.1) is 6.61 Å². The molecule has 8 heteroatoms. The normalized spacial score (nSPS) is 30.3. The quantitative estimate of drug-likeness (QED) is 0.421. The Balaban J connectivity index is 2.89. The highest BCUT2D eigenvalue weighted by molar-refractivity contribution is 9.09. The maximum Gasteiger partial charge on any atom is 0.303 e. The molecule has 1 fully saturated rings. The highest BCUT2D eigenvalue weighted by Gasteiger charge is 2.45. The Bertz CT molecular complexity index is 370. The standard InChI is InChI=1S/C11H15BrO7/c1-5(13)17-8-4-16-11(12)10(19-7(3)15)9(8)18-6(2)14/h8-11H,4H2,1-3H3/t8-,9-,10+,11-/m0/s1. The molecule has 1 aliphatic rings. The number of esters is 3. The van der Waals surface area contributed by atoms with E-state index in [4.69, 9.17) is 18.9 Å². The molecule has 4 atom stereocenters. The van der Waals surface area contributed by atoms with E-state index in [1.54, 1.807) is 0 Å². The zero-order chi connectivity index (χ0) is 14.6. The average molecular weight is 339 g/mol. The Morgan fingerprint density at radius 3 is 1.89 bits per heavy atom. The van der Waals surface area contributed by atoms with Crippen LogP contribution in [-0.2, 0) is 33.3 Å². The van der Waals surface area contributed by atoms with Crippen LogP contribution in [0.1, 0.15) is 20.8 Å². The van der Waals surface area contributed by atoms with Crippen LogP contribution in [-0.4, -0.2) is 47.8 Å². The minimum atomic E-state index is -0.913. The van der Waals surface area contributed by atoms with Gasteiger partial charge in [0, 0.05) is 20.8 Å². The van der Waals surface area contributed by atoms with Crippen molar-refractivity contribution in [2.75, 3.05) is 6.61 Å². The molecule has 0 aromatic heterocycles. The van der Waals surface area contributed by atoms with E-state index in [0.717, 1.165) is 0 Å². The number of alkyl halides is 1. The fraction of sp³-hybridized carbons (Fsp3) is 0.727. The second-order valence-corrected chi connectivity index (χ2v) is 4.88. The van der Waals surface area contributed by atoms with E-state index in [1.807, 2.05) is 0 Å². The van der Waals surface area contributed by atoms with Crippen LogP contribution >= 0.6 is 15.9 Å². The van der Waals surface area contributed by atoms with E-state index in [9.17, 15) is 14.4 Å². The summed E-state index contributed by atoms with van der Waals surface area (Å²) in [6, 6.07) is 0. The zero-order valence-corrected chi connectivity index (χ0v) is 12.3. The van der Waals surface area contributed by atoms with Gasteiger partial charge in [0.25, 0.3) is 0 Å². The first-order valence-electron chi connectivity index (χ1n) is 5.58. The number of rotatable bonds is 3. The highest BCUT2D eigenvalue weighted by Crippen LogP contribution is 2.27. The van der Waals surface area contributed by atoms with Crippen molar-refractivity contribution >= 4 is 33.8 Å². The molecule has 1 aliphatic heterocycles. The second-order valence-electron chi connectivity index (χ2n) is 3.98. The molecule has 0 aromatic rings. The van der Waals surface area contributed by atoms with E-state index >= 15 is 0 Å². The molecule has 19 heavy (non-hydrogen) atoms. The van der Waals surface area contributed by atoms with Crippen molar-refractivity contribution < 1.29 is 33.3 Å². The minimum absolute atomic E-state index is 0.0329. The molecule has 0 saturated carbocycles. The van der Waals surface area contributed by atoms with Crippen LogP contribution in [0.3, 0.4) is 0 Å². The second kappa shape index (κ2) is 6.85. The number of hydrogen-bond donors (Lipinski definition) is 0. The van der Waals surface area contributed by atoms with Gasteiger partial charge in [-0.05, 0) is 0 Å². The maximum atomic E-state index is 11.1. The first-order chi connectivity index (χ1) is 8.81. The first-order valence-corrected chi connectivity index (χ1v) is 6.50. The van der Waals surface area contributed by atoms with Crippen LogP contribution in [0.15, 0.2) is 0 Å². The van der Waals surface area contributed by atoms with E-state index < -0.39 is 41.2 Å². The smallest absolute Gasteiger partial charge is 0.303 e. The Kier molecular flexibility index (Phi) is 5.74. The molecule has 1 heterocycles. The topological polar surface area (TPSA) is 88.1 Å². The van der Waals surface area contributed by atoms with Gasteiger partial charge in [0.1, 0.15) is 0 Å². The summed E-state index contributed by atoms with van der Waals surface area (Å²) in [5.74, 6) is -1.67. The highest BCUT2D eigenvalue weighted by atomic mass is 79.9. The van der Waals surface area contributed by atoms with Crippen LogP contribution in [0.2, 0.25) is 0 Å². The van der Waals surface area contributed by atoms with Crippen LogP contribution in [0.5, 0.6) is 0 Å². The van der Waals surface area contributed by atoms with Gasteiger partial charge in [-0.3, -0.25) is 14.4 Å². The summed E-state index contributed by atoms with van der Waals surface area (Å²) in [6.07, 6.45) is -2.62. The number of carbonyl (C=O) groups excluding carboxylic acids is 3. The average Bonchev–Trinajstić information content (AvgIpc) is 2.25. The van der Waals surface area contributed by atoms with E-state index in [2.05, 4.69) is 15.9 Å². The molecule has 0 amide bonds. The number of carbonyl (C=O) groups is 3. The molecule has 0 spiro atoms. The Morgan fingerprint density at radius 1 is 0.947 bits per heavy atom. The van der Waals surface area contributed by atoms with E-state index in [-0.39, 0.29) is 6.61 Å². The lowest BCUT2D eigenvalue weighted by Gasteiger charge is -2.38. The molecule has 7 nitrogen and oxygen atoms in total. The van der Waals surface area contributed by atoms with Gasteiger partial charge in [-0.2, -0.15) is 0 Å². The third-order valence-corrected chi connectivity index (χ3v) is 3.08. The summed E-state index contributed by atoms with van der Waals surface area (Å²) in [4.78, 5) is 33.2. The van der Waals surface area contributed by atoms with Crippen molar-refractivity contribution in [3.8, 4) is 0 Å². The lowest BCUT2D eigenvalue weighted by Crippen LogP contribution is -2.55. The number of hydrogen-bond acceptors (Lipinski definition) is 7. The number of ether oxygens (including phenoxy) is 4. The molecular formula is C11H15BrO7. The monoisotopic (exact) mass is 338 g/mol. The third kappa shape index (κ3) is 4.79. The van der Waals surface area contributed by atoms with Gasteiger partial charge in [-0.1, -0.05) is 15.9 Å². The molecular weight excluding hydrogens is 324 g/mol. The molecule has 0 aliphatic carbocycles. The van der Waals surface area contributed by atoms with Crippen molar-refractivity contribution in [3.05, 3.63) is 0 Å². The lowest BCUT2D eigenvalue weighted by molar-refractivity contribution is -0.212. The van der Waals surface area contributed by atoms with Crippen LogP contribution in [0.4, 0.5) is 0 Å². The van der Waals surface area contributed by atoms with Crippen molar-refractivity contribution in [2.45, 2.75) is 44.1 Å². The summed E-state index contributed by atoms with van der Waals surface area (Å²) in [6.45, 7) is 3.70. The van der Waals surface area contributed by atoms with E-state index in [1.165, 1.54) is 20.8 Å². The largest absolute Gasteiger partial charge is 0.456 e. The van der Waals surface area contributed by atoms with Gasteiger partial charge in [0.15, 0.2) is 23.3 Å². The van der Waals surface area contributed by atoms with Gasteiger partial charge in [0.2, 0.25) is 0 Å². The Hall–Kier alpha value is -1.15. The third-order valence-electron chi connectivity index (χ3n) is 2.29. The SMILES string of the molecule is CC(=O)O[C@@H]1[C@@H](OC(C)=O)[C@@H](Br)OC[C@@H]1OC(C)=O. The van der Waals surface area contributed by atoms with Crippen LogP contribution in [0, 0.1) is 0 Å². The van der Waals surface area contributed by atoms with Gasteiger partial charge in [-0.15, -0.1) is 0 Å². The summed E-state index contributed by atoms with van der Waals surface area (Å²) in [7, 11) is 0. The molecule has 1 saturated heterocycles. The minimum Gasteiger partial charge on any atom is -0.456 e. The zero-order valence-electron chi connectivity index (χ0n) is 10.8. The predicted molar refractivity (Wildman–Crippen MR) is 65.3 cm³/mol. The summed E-state index contributed by atoms with van der Waals surface area (Å²) in [5, 5.41) is -0.646. The maximum absolute atomic E-state index is 11.1. The number of halogens is 1. The molecule has 0 radical (unpaired) electrons. The molecule has 1 rings (SSSR count). The first kappa shape index (κ1) is 15.9.